The highest BCUT2D eigenvalue weighted by molar-refractivity contribution is 5.75. The molecule has 5 heteroatoms. The van der Waals surface area contributed by atoms with Gasteiger partial charge in [-0.15, -0.1) is 0 Å². The van der Waals surface area contributed by atoms with Crippen LogP contribution in [-0.2, 0) is 11.2 Å². The average molecular weight is 479 g/mol. The summed E-state index contributed by atoms with van der Waals surface area (Å²) in [5.74, 6) is -0.660. The summed E-state index contributed by atoms with van der Waals surface area (Å²) in [5.41, 5.74) is 2.36. The average Bonchev–Trinajstić information content (AvgIpc) is 2.88. The van der Waals surface area contributed by atoms with E-state index < -0.39 is 5.82 Å². The van der Waals surface area contributed by atoms with Crippen LogP contribution in [0.15, 0.2) is 36.5 Å². The lowest BCUT2D eigenvalue weighted by atomic mass is 9.80. The molecule has 3 rings (SSSR count). The molecule has 35 heavy (non-hydrogen) atoms. The van der Waals surface area contributed by atoms with Gasteiger partial charge in [0.15, 0.2) is 0 Å². The number of carbonyl (C=O) groups excluding carboxylic acids is 1. The third-order valence-corrected chi connectivity index (χ3v) is 7.17. The Balaban J connectivity index is 1.34. The van der Waals surface area contributed by atoms with Gasteiger partial charge in [0.2, 0.25) is 0 Å². The first-order valence-corrected chi connectivity index (χ1v) is 13.5. The third-order valence-electron chi connectivity index (χ3n) is 7.17. The minimum Gasteiger partial charge on any atom is -0.426 e. The molecular formula is C30H39FN2O2. The topological polar surface area (TPSA) is 63.0 Å². The molecule has 1 aliphatic carbocycles. The quantitative estimate of drug-likeness (QED) is 0.166. The van der Waals surface area contributed by atoms with Crippen LogP contribution in [-0.4, -0.2) is 11.0 Å². The van der Waals surface area contributed by atoms with E-state index in [1.54, 1.807) is 6.07 Å². The summed E-state index contributed by atoms with van der Waals surface area (Å²) in [6.45, 7) is 2.26. The fourth-order valence-corrected chi connectivity index (χ4v) is 4.94. The van der Waals surface area contributed by atoms with E-state index in [-0.39, 0.29) is 23.2 Å². The Morgan fingerprint density at radius 1 is 1.00 bits per heavy atom. The molecule has 1 fully saturated rings. The van der Waals surface area contributed by atoms with Crippen LogP contribution in [0.25, 0.3) is 0 Å². The number of carbonyl (C=O) groups is 1. The Bertz CT molecular complexity index is 959. The van der Waals surface area contributed by atoms with E-state index >= 15 is 0 Å². The number of nitrogens with zero attached hydrogens (tertiary/aromatic N) is 2. The summed E-state index contributed by atoms with van der Waals surface area (Å²) in [4.78, 5) is 17.3. The maximum absolute atomic E-state index is 13.8. The smallest absolute Gasteiger partial charge is 0.314 e. The molecule has 1 aromatic carbocycles. The minimum atomic E-state index is -0.672. The molecule has 0 spiro atoms. The Morgan fingerprint density at radius 2 is 1.69 bits per heavy atom. The second-order valence-corrected chi connectivity index (χ2v) is 9.89. The number of aromatic nitrogens is 1. The normalized spacial score (nSPS) is 17.6. The van der Waals surface area contributed by atoms with Crippen LogP contribution in [0.4, 0.5) is 4.39 Å². The van der Waals surface area contributed by atoms with Gasteiger partial charge < -0.3 is 4.74 Å². The Kier molecular flexibility index (Phi) is 11.2. The van der Waals surface area contributed by atoms with Crippen molar-refractivity contribution in [3.05, 3.63) is 59.2 Å². The molecule has 2 aromatic rings. The van der Waals surface area contributed by atoms with Crippen molar-refractivity contribution in [1.29, 1.82) is 5.26 Å². The van der Waals surface area contributed by atoms with Crippen LogP contribution < -0.4 is 4.74 Å². The maximum atomic E-state index is 13.8. The highest BCUT2D eigenvalue weighted by Crippen LogP contribution is 2.36. The molecule has 0 bridgehead atoms. The highest BCUT2D eigenvalue weighted by atomic mass is 19.1. The molecule has 1 saturated carbocycles. The number of hydrogen-bond acceptors (Lipinski definition) is 4. The fourth-order valence-electron chi connectivity index (χ4n) is 4.94. The summed E-state index contributed by atoms with van der Waals surface area (Å²) in [7, 11) is 0. The van der Waals surface area contributed by atoms with Crippen LogP contribution in [0.5, 0.6) is 5.75 Å². The number of pyridine rings is 1. The molecule has 0 N–H and O–H groups in total. The minimum absolute atomic E-state index is 0.0583. The number of rotatable bonds is 13. The van der Waals surface area contributed by atoms with Crippen molar-refractivity contribution in [3.8, 4) is 11.8 Å². The number of halogens is 1. The van der Waals surface area contributed by atoms with Gasteiger partial charge in [-0.1, -0.05) is 64.4 Å². The van der Waals surface area contributed by atoms with E-state index in [9.17, 15) is 9.18 Å². The standard InChI is InChI=1S/C30H39FN2O2/c1-2-3-4-5-6-7-8-9-10-11-23-12-19-29(33-22-23)24-13-15-25(16-14-24)30(34)35-27-18-17-26(21-32)28(31)20-27/h12,17-20,22,24-25H,2-11,13-16H2,1H3. The number of ether oxygens (including phenoxy) is 1. The molecular weight excluding hydrogens is 439 g/mol. The number of unbranched alkanes of at least 4 members (excludes halogenated alkanes) is 8. The van der Waals surface area contributed by atoms with Crippen LogP contribution in [0.3, 0.4) is 0 Å². The maximum Gasteiger partial charge on any atom is 0.314 e. The van der Waals surface area contributed by atoms with Gasteiger partial charge in [0.25, 0.3) is 0 Å². The Morgan fingerprint density at radius 3 is 2.29 bits per heavy atom. The van der Waals surface area contributed by atoms with Gasteiger partial charge in [0.05, 0.1) is 11.5 Å². The second-order valence-electron chi connectivity index (χ2n) is 9.89. The van der Waals surface area contributed by atoms with Crippen molar-refractivity contribution in [2.45, 2.75) is 103 Å². The zero-order chi connectivity index (χ0) is 24.9. The number of aryl methyl sites for hydroxylation is 1. The van der Waals surface area contributed by atoms with Gasteiger partial charge in [-0.05, 0) is 62.3 Å². The number of esters is 1. The van der Waals surface area contributed by atoms with E-state index in [2.05, 4.69) is 19.1 Å². The van der Waals surface area contributed by atoms with E-state index in [4.69, 9.17) is 15.0 Å². The molecule has 0 aliphatic heterocycles. The molecule has 0 amide bonds. The number of hydrogen-bond donors (Lipinski definition) is 0. The number of nitriles is 1. The molecule has 1 aromatic heterocycles. The van der Waals surface area contributed by atoms with Crippen molar-refractivity contribution in [3.63, 3.8) is 0 Å². The van der Waals surface area contributed by atoms with Crippen LogP contribution in [0.2, 0.25) is 0 Å². The van der Waals surface area contributed by atoms with E-state index in [1.165, 1.54) is 75.5 Å². The lowest BCUT2D eigenvalue weighted by Crippen LogP contribution is -2.25. The Hall–Kier alpha value is -2.74. The van der Waals surface area contributed by atoms with Crippen molar-refractivity contribution in [2.75, 3.05) is 0 Å². The number of benzene rings is 1. The van der Waals surface area contributed by atoms with Crippen LogP contribution in [0.1, 0.15) is 113 Å². The van der Waals surface area contributed by atoms with Gasteiger partial charge in [-0.3, -0.25) is 9.78 Å². The summed E-state index contributed by atoms with van der Waals surface area (Å²) in [6.07, 6.45) is 18.5. The van der Waals surface area contributed by atoms with Gasteiger partial charge in [0, 0.05) is 23.9 Å². The van der Waals surface area contributed by atoms with Crippen LogP contribution >= 0.6 is 0 Å². The molecule has 0 saturated heterocycles. The van der Waals surface area contributed by atoms with Gasteiger partial charge in [0.1, 0.15) is 17.6 Å². The van der Waals surface area contributed by atoms with Crippen molar-refractivity contribution in [2.24, 2.45) is 5.92 Å². The first-order chi connectivity index (χ1) is 17.1. The van der Waals surface area contributed by atoms with E-state index in [0.717, 1.165) is 43.9 Å². The summed E-state index contributed by atoms with van der Waals surface area (Å²) in [6, 6.07) is 10.0. The molecule has 1 aliphatic rings. The summed E-state index contributed by atoms with van der Waals surface area (Å²) < 4.78 is 19.1. The summed E-state index contributed by atoms with van der Waals surface area (Å²) in [5, 5.41) is 8.82. The SMILES string of the molecule is CCCCCCCCCCCc1ccc(C2CCC(C(=O)Oc3ccc(C#N)c(F)c3)CC2)nc1. The molecule has 0 unspecified atom stereocenters. The highest BCUT2D eigenvalue weighted by Gasteiger charge is 2.29. The lowest BCUT2D eigenvalue weighted by Gasteiger charge is -2.27. The van der Waals surface area contributed by atoms with E-state index in [1.807, 2.05) is 6.20 Å². The van der Waals surface area contributed by atoms with Crippen molar-refractivity contribution < 1.29 is 13.9 Å². The van der Waals surface area contributed by atoms with E-state index in [0.29, 0.717) is 5.92 Å². The predicted molar refractivity (Wildman–Crippen MR) is 137 cm³/mol. The largest absolute Gasteiger partial charge is 0.426 e. The first kappa shape index (κ1) is 26.9. The zero-order valence-corrected chi connectivity index (χ0v) is 21.1. The molecule has 1 heterocycles. The van der Waals surface area contributed by atoms with Crippen molar-refractivity contribution >= 4 is 5.97 Å². The molecule has 0 radical (unpaired) electrons. The summed E-state index contributed by atoms with van der Waals surface area (Å²) >= 11 is 0. The predicted octanol–water partition coefficient (Wildman–Crippen LogP) is 8.05. The van der Waals surface area contributed by atoms with Crippen molar-refractivity contribution in [1.82, 2.24) is 4.98 Å². The Labute approximate surface area is 209 Å². The third kappa shape index (κ3) is 8.76. The first-order valence-electron chi connectivity index (χ1n) is 13.5. The molecule has 0 atom stereocenters. The van der Waals surface area contributed by atoms with Gasteiger partial charge in [-0.25, -0.2) is 4.39 Å². The molecule has 188 valence electrons. The lowest BCUT2D eigenvalue weighted by molar-refractivity contribution is -0.140. The second kappa shape index (κ2) is 14.6. The van der Waals surface area contributed by atoms with Gasteiger partial charge >= 0.3 is 5.97 Å². The zero-order valence-electron chi connectivity index (χ0n) is 21.1. The van der Waals surface area contributed by atoms with Crippen LogP contribution in [0, 0.1) is 23.1 Å². The molecule has 4 nitrogen and oxygen atoms in total. The fraction of sp³-hybridized carbons (Fsp3) is 0.567. The monoisotopic (exact) mass is 478 g/mol. The van der Waals surface area contributed by atoms with Gasteiger partial charge in [-0.2, -0.15) is 5.26 Å².